The average molecular weight is 242 g/mol. The van der Waals surface area contributed by atoms with Gasteiger partial charge in [0.1, 0.15) is 0 Å². The van der Waals surface area contributed by atoms with Crippen LogP contribution in [0.15, 0.2) is 60.7 Å². The van der Waals surface area contributed by atoms with Gasteiger partial charge in [-0.15, -0.1) is 0 Å². The molecular weight excluding hydrogens is 224 g/mol. The van der Waals surface area contributed by atoms with Gasteiger partial charge in [-0.1, -0.05) is 60.7 Å². The van der Waals surface area contributed by atoms with Crippen molar-refractivity contribution in [2.75, 3.05) is 0 Å². The summed E-state index contributed by atoms with van der Waals surface area (Å²) in [5, 5.41) is 20.0. The minimum Gasteiger partial charge on any atom is -0.390 e. The van der Waals surface area contributed by atoms with Crippen molar-refractivity contribution in [3.8, 4) is 0 Å². The van der Waals surface area contributed by atoms with E-state index in [-0.39, 0.29) is 0 Å². The van der Waals surface area contributed by atoms with Gasteiger partial charge in [-0.25, -0.2) is 0 Å². The number of benzene rings is 2. The first kappa shape index (κ1) is 12.8. The number of hydrogen-bond acceptors (Lipinski definition) is 2. The second kappa shape index (κ2) is 6.34. The molecule has 0 radical (unpaired) electrons. The van der Waals surface area contributed by atoms with E-state index in [1.54, 1.807) is 0 Å². The molecule has 18 heavy (non-hydrogen) atoms. The molecule has 0 saturated carbocycles. The summed E-state index contributed by atoms with van der Waals surface area (Å²) in [4.78, 5) is 0. The summed E-state index contributed by atoms with van der Waals surface area (Å²) < 4.78 is 0. The molecule has 0 aromatic heterocycles. The van der Waals surface area contributed by atoms with Gasteiger partial charge in [0.2, 0.25) is 0 Å². The number of aliphatic hydroxyl groups is 2. The Bertz CT molecular complexity index is 408. The van der Waals surface area contributed by atoms with E-state index >= 15 is 0 Å². The molecule has 2 rings (SSSR count). The van der Waals surface area contributed by atoms with Crippen LogP contribution in [-0.2, 0) is 12.8 Å². The van der Waals surface area contributed by atoms with Crippen LogP contribution in [0.4, 0.5) is 0 Å². The fourth-order valence-corrected chi connectivity index (χ4v) is 1.98. The fraction of sp³-hybridized carbons (Fsp3) is 0.250. The molecule has 0 heterocycles. The largest absolute Gasteiger partial charge is 0.390 e. The first-order valence-corrected chi connectivity index (χ1v) is 6.19. The number of hydrogen-bond donors (Lipinski definition) is 2. The Morgan fingerprint density at radius 1 is 0.611 bits per heavy atom. The predicted octanol–water partition coefficient (Wildman–Crippen LogP) is 2.19. The maximum atomic E-state index is 9.98. The summed E-state index contributed by atoms with van der Waals surface area (Å²) in [6, 6.07) is 19.5. The third-order valence-corrected chi connectivity index (χ3v) is 3.02. The first-order valence-electron chi connectivity index (χ1n) is 6.19. The molecule has 0 aliphatic heterocycles. The Kier molecular flexibility index (Phi) is 4.51. The molecule has 0 saturated heterocycles. The molecule has 2 heteroatoms. The van der Waals surface area contributed by atoms with Crippen LogP contribution in [0, 0.1) is 0 Å². The van der Waals surface area contributed by atoms with Crippen molar-refractivity contribution in [1.82, 2.24) is 0 Å². The van der Waals surface area contributed by atoms with Crippen molar-refractivity contribution in [3.05, 3.63) is 71.8 Å². The normalized spacial score (nSPS) is 14.1. The zero-order valence-corrected chi connectivity index (χ0v) is 10.2. The zero-order valence-electron chi connectivity index (χ0n) is 10.2. The molecule has 0 aliphatic carbocycles. The van der Waals surface area contributed by atoms with Crippen molar-refractivity contribution in [1.29, 1.82) is 0 Å². The van der Waals surface area contributed by atoms with Crippen LogP contribution < -0.4 is 0 Å². The van der Waals surface area contributed by atoms with Crippen LogP contribution in [0.2, 0.25) is 0 Å². The summed E-state index contributed by atoms with van der Waals surface area (Å²) in [5.74, 6) is 0. The Morgan fingerprint density at radius 2 is 0.944 bits per heavy atom. The van der Waals surface area contributed by atoms with Gasteiger partial charge in [-0.05, 0) is 11.1 Å². The highest BCUT2D eigenvalue weighted by atomic mass is 16.3. The van der Waals surface area contributed by atoms with Crippen molar-refractivity contribution in [2.24, 2.45) is 0 Å². The number of rotatable bonds is 5. The third-order valence-electron chi connectivity index (χ3n) is 3.02. The molecule has 1 unspecified atom stereocenters. The highest BCUT2D eigenvalue weighted by Gasteiger charge is 2.16. The van der Waals surface area contributed by atoms with Crippen LogP contribution in [-0.4, -0.2) is 22.4 Å². The van der Waals surface area contributed by atoms with Gasteiger partial charge >= 0.3 is 0 Å². The van der Waals surface area contributed by atoms with E-state index < -0.39 is 12.2 Å². The lowest BCUT2D eigenvalue weighted by Gasteiger charge is -2.18. The molecule has 0 spiro atoms. The lowest BCUT2D eigenvalue weighted by molar-refractivity contribution is 0.0206. The van der Waals surface area contributed by atoms with Crippen molar-refractivity contribution >= 4 is 0 Å². The van der Waals surface area contributed by atoms with Gasteiger partial charge in [0.15, 0.2) is 0 Å². The SMILES string of the molecule is OC(Cc1ccccc1)[C@@H](O)Cc1ccccc1. The smallest absolute Gasteiger partial charge is 0.0842 e. The van der Waals surface area contributed by atoms with Gasteiger partial charge in [-0.2, -0.15) is 0 Å². The van der Waals surface area contributed by atoms with E-state index in [0.717, 1.165) is 11.1 Å². The fourth-order valence-electron chi connectivity index (χ4n) is 1.98. The molecule has 0 aliphatic rings. The average Bonchev–Trinajstić information content (AvgIpc) is 2.41. The second-order valence-corrected chi connectivity index (χ2v) is 4.51. The second-order valence-electron chi connectivity index (χ2n) is 4.51. The molecule has 2 aromatic rings. The zero-order chi connectivity index (χ0) is 12.8. The van der Waals surface area contributed by atoms with Crippen LogP contribution in [0.5, 0.6) is 0 Å². The molecule has 2 N–H and O–H groups in total. The van der Waals surface area contributed by atoms with Gasteiger partial charge in [0.25, 0.3) is 0 Å². The molecule has 0 amide bonds. The van der Waals surface area contributed by atoms with Crippen molar-refractivity contribution in [3.63, 3.8) is 0 Å². The van der Waals surface area contributed by atoms with Crippen LogP contribution in [0.1, 0.15) is 11.1 Å². The third kappa shape index (κ3) is 3.69. The van der Waals surface area contributed by atoms with Crippen molar-refractivity contribution in [2.45, 2.75) is 25.0 Å². The van der Waals surface area contributed by atoms with Crippen molar-refractivity contribution < 1.29 is 10.2 Å². The van der Waals surface area contributed by atoms with Gasteiger partial charge in [0, 0.05) is 12.8 Å². The highest BCUT2D eigenvalue weighted by molar-refractivity contribution is 5.18. The maximum Gasteiger partial charge on any atom is 0.0842 e. The Morgan fingerprint density at radius 3 is 1.28 bits per heavy atom. The van der Waals surface area contributed by atoms with Crippen LogP contribution in [0.25, 0.3) is 0 Å². The molecular formula is C16H18O2. The molecule has 2 aromatic carbocycles. The standard InChI is InChI=1S/C16H18O2/c17-15(11-13-7-3-1-4-8-13)16(18)12-14-9-5-2-6-10-14/h1-10,15-18H,11-12H2/t15-,16?/m0/s1. The van der Waals surface area contributed by atoms with Gasteiger partial charge in [0.05, 0.1) is 12.2 Å². The van der Waals surface area contributed by atoms with Gasteiger partial charge < -0.3 is 10.2 Å². The Labute approximate surface area is 108 Å². The number of aliphatic hydroxyl groups excluding tert-OH is 2. The summed E-state index contributed by atoms with van der Waals surface area (Å²) in [7, 11) is 0. The lowest BCUT2D eigenvalue weighted by atomic mass is 9.99. The molecule has 94 valence electrons. The van der Waals surface area contributed by atoms with E-state index in [2.05, 4.69) is 0 Å². The molecule has 0 fully saturated rings. The van der Waals surface area contributed by atoms with Gasteiger partial charge in [-0.3, -0.25) is 0 Å². The molecule has 0 bridgehead atoms. The van der Waals surface area contributed by atoms with Crippen LogP contribution in [0.3, 0.4) is 0 Å². The Hall–Kier alpha value is -1.64. The van der Waals surface area contributed by atoms with E-state index in [1.807, 2.05) is 60.7 Å². The summed E-state index contributed by atoms with van der Waals surface area (Å²) >= 11 is 0. The summed E-state index contributed by atoms with van der Waals surface area (Å²) in [6.07, 6.45) is -0.496. The van der Waals surface area contributed by atoms with Crippen LogP contribution >= 0.6 is 0 Å². The van der Waals surface area contributed by atoms with E-state index in [0.29, 0.717) is 12.8 Å². The maximum absolute atomic E-state index is 9.98. The first-order chi connectivity index (χ1) is 8.75. The molecule has 2 atom stereocenters. The monoisotopic (exact) mass is 242 g/mol. The predicted molar refractivity (Wildman–Crippen MR) is 72.3 cm³/mol. The minimum atomic E-state index is -0.729. The Balaban J connectivity index is 1.91. The lowest BCUT2D eigenvalue weighted by Crippen LogP contribution is -2.29. The summed E-state index contributed by atoms with van der Waals surface area (Å²) in [5.41, 5.74) is 2.08. The molecule has 2 nitrogen and oxygen atoms in total. The quantitative estimate of drug-likeness (QED) is 0.843. The van der Waals surface area contributed by atoms with E-state index in [1.165, 1.54) is 0 Å². The highest BCUT2D eigenvalue weighted by Crippen LogP contribution is 2.10. The van der Waals surface area contributed by atoms with E-state index in [4.69, 9.17) is 0 Å². The summed E-state index contributed by atoms with van der Waals surface area (Å²) in [6.45, 7) is 0. The topological polar surface area (TPSA) is 40.5 Å². The van der Waals surface area contributed by atoms with E-state index in [9.17, 15) is 10.2 Å². The minimum absolute atomic E-state index is 0.481.